The van der Waals surface area contributed by atoms with Gasteiger partial charge in [-0.05, 0) is 6.42 Å². The van der Waals surface area contributed by atoms with E-state index in [1.54, 1.807) is 6.92 Å². The molecule has 2 N–H and O–H groups in total. The van der Waals surface area contributed by atoms with Crippen molar-refractivity contribution in [3.05, 3.63) is 26.3 Å². The minimum Gasteiger partial charge on any atom is -0.488 e. The second-order valence-electron chi connectivity index (χ2n) is 3.19. The number of H-pyrrole nitrogens is 1. The molecule has 15 heavy (non-hydrogen) atoms. The average molecular weight is 213 g/mol. The Hall–Kier alpha value is -1.92. The second-order valence-corrected chi connectivity index (χ2v) is 3.19. The Morgan fingerprint density at radius 3 is 2.67 bits per heavy atom. The molecule has 0 aliphatic carbocycles. The topological polar surface area (TPSA) is 109 Å². The van der Waals surface area contributed by atoms with Crippen LogP contribution < -0.4 is 5.56 Å². The quantitative estimate of drug-likeness (QED) is 0.572. The van der Waals surface area contributed by atoms with Gasteiger partial charge in [-0.2, -0.15) is 4.98 Å². The number of nitro groups is 1. The third-order valence-electron chi connectivity index (χ3n) is 2.16. The molecule has 1 aromatic heterocycles. The molecular weight excluding hydrogens is 202 g/mol. The zero-order chi connectivity index (χ0) is 11.6. The van der Waals surface area contributed by atoms with Gasteiger partial charge in [0.05, 0.1) is 4.92 Å². The lowest BCUT2D eigenvalue weighted by atomic mass is 10.1. The van der Waals surface area contributed by atoms with E-state index >= 15 is 0 Å². The molecule has 0 saturated heterocycles. The zero-order valence-corrected chi connectivity index (χ0v) is 8.35. The Balaban J connectivity index is 3.32. The SMILES string of the molecule is CCC(C)c1nc(O)c([N+](=O)[O-])c(=O)[nH]1. The van der Waals surface area contributed by atoms with Gasteiger partial charge in [0.2, 0.25) is 0 Å². The van der Waals surface area contributed by atoms with Crippen LogP contribution in [0.15, 0.2) is 4.79 Å². The van der Waals surface area contributed by atoms with E-state index in [0.29, 0.717) is 6.42 Å². The molecular formula is C8H11N3O4. The average Bonchev–Trinajstić information content (AvgIpc) is 2.14. The first-order valence-electron chi connectivity index (χ1n) is 4.45. The summed E-state index contributed by atoms with van der Waals surface area (Å²) in [7, 11) is 0. The minimum absolute atomic E-state index is 0.0654. The maximum Gasteiger partial charge on any atom is 0.395 e. The maximum atomic E-state index is 11.2. The van der Waals surface area contributed by atoms with Crippen LogP contribution in [0.3, 0.4) is 0 Å². The van der Waals surface area contributed by atoms with E-state index in [1.165, 1.54) is 0 Å². The Labute approximate surface area is 84.9 Å². The highest BCUT2D eigenvalue weighted by molar-refractivity contribution is 5.37. The Morgan fingerprint density at radius 2 is 2.27 bits per heavy atom. The highest BCUT2D eigenvalue weighted by atomic mass is 16.6. The van der Waals surface area contributed by atoms with Crippen molar-refractivity contribution >= 4 is 5.69 Å². The first kappa shape index (κ1) is 11.2. The summed E-state index contributed by atoms with van der Waals surface area (Å²) in [4.78, 5) is 26.5. The van der Waals surface area contributed by atoms with E-state index in [0.717, 1.165) is 0 Å². The monoisotopic (exact) mass is 213 g/mol. The summed E-state index contributed by atoms with van der Waals surface area (Å²) in [6, 6.07) is 0. The van der Waals surface area contributed by atoms with Crippen molar-refractivity contribution < 1.29 is 10.0 Å². The summed E-state index contributed by atoms with van der Waals surface area (Å²) >= 11 is 0. The Bertz CT molecular complexity index is 440. The third-order valence-corrected chi connectivity index (χ3v) is 2.16. The Kier molecular flexibility index (Phi) is 3.03. The van der Waals surface area contributed by atoms with Gasteiger partial charge < -0.3 is 10.1 Å². The molecule has 1 heterocycles. The van der Waals surface area contributed by atoms with E-state index in [4.69, 9.17) is 0 Å². The number of aromatic amines is 1. The van der Waals surface area contributed by atoms with Crippen molar-refractivity contribution in [1.82, 2.24) is 9.97 Å². The van der Waals surface area contributed by atoms with Gasteiger partial charge in [-0.1, -0.05) is 13.8 Å². The fourth-order valence-corrected chi connectivity index (χ4v) is 1.06. The second kappa shape index (κ2) is 4.07. The molecule has 7 heteroatoms. The summed E-state index contributed by atoms with van der Waals surface area (Å²) in [6.45, 7) is 3.67. The lowest BCUT2D eigenvalue weighted by Crippen LogP contribution is -2.16. The van der Waals surface area contributed by atoms with Crippen LogP contribution in [-0.4, -0.2) is 20.0 Å². The molecule has 0 aliphatic rings. The van der Waals surface area contributed by atoms with E-state index in [9.17, 15) is 20.0 Å². The molecule has 0 saturated carbocycles. The predicted molar refractivity (Wildman–Crippen MR) is 51.9 cm³/mol. The zero-order valence-electron chi connectivity index (χ0n) is 8.35. The molecule has 1 aromatic rings. The summed E-state index contributed by atoms with van der Waals surface area (Å²) in [5.41, 5.74) is -1.84. The summed E-state index contributed by atoms with van der Waals surface area (Å²) in [6.07, 6.45) is 0.709. The van der Waals surface area contributed by atoms with Crippen molar-refractivity contribution in [3.8, 4) is 5.88 Å². The normalized spacial score (nSPS) is 12.4. The molecule has 0 spiro atoms. The van der Waals surface area contributed by atoms with Crippen LogP contribution in [0.5, 0.6) is 5.88 Å². The third kappa shape index (κ3) is 2.12. The molecule has 0 bridgehead atoms. The first-order valence-corrected chi connectivity index (χ1v) is 4.45. The van der Waals surface area contributed by atoms with E-state index in [2.05, 4.69) is 9.97 Å². The van der Waals surface area contributed by atoms with Gasteiger partial charge in [0.25, 0.3) is 5.88 Å². The number of aromatic hydroxyl groups is 1. The highest BCUT2D eigenvalue weighted by Gasteiger charge is 2.22. The number of nitrogens with one attached hydrogen (secondary N) is 1. The van der Waals surface area contributed by atoms with Gasteiger partial charge >= 0.3 is 11.2 Å². The van der Waals surface area contributed by atoms with Crippen LogP contribution in [0.4, 0.5) is 5.69 Å². The smallest absolute Gasteiger partial charge is 0.395 e. The number of nitrogens with zero attached hydrogens (tertiary/aromatic N) is 2. The molecule has 82 valence electrons. The van der Waals surface area contributed by atoms with Crippen LogP contribution in [0.1, 0.15) is 32.0 Å². The first-order chi connectivity index (χ1) is 6.97. The summed E-state index contributed by atoms with van der Waals surface area (Å²) in [5, 5.41) is 19.6. The van der Waals surface area contributed by atoms with Crippen molar-refractivity contribution in [2.45, 2.75) is 26.2 Å². The van der Waals surface area contributed by atoms with E-state index in [1.807, 2.05) is 6.92 Å². The van der Waals surface area contributed by atoms with Crippen LogP contribution in [0.25, 0.3) is 0 Å². The minimum atomic E-state index is -0.957. The van der Waals surface area contributed by atoms with Gasteiger partial charge in [0.15, 0.2) is 0 Å². The lowest BCUT2D eigenvalue weighted by molar-refractivity contribution is -0.387. The van der Waals surface area contributed by atoms with Gasteiger partial charge in [0, 0.05) is 5.92 Å². The van der Waals surface area contributed by atoms with Gasteiger partial charge in [0.1, 0.15) is 5.82 Å². The Morgan fingerprint density at radius 1 is 1.67 bits per heavy atom. The molecule has 1 atom stereocenters. The molecule has 1 unspecified atom stereocenters. The largest absolute Gasteiger partial charge is 0.488 e. The molecule has 7 nitrogen and oxygen atoms in total. The van der Waals surface area contributed by atoms with Gasteiger partial charge in [-0.3, -0.25) is 14.9 Å². The highest BCUT2D eigenvalue weighted by Crippen LogP contribution is 2.20. The number of aromatic nitrogens is 2. The van der Waals surface area contributed by atoms with Crippen molar-refractivity contribution in [3.63, 3.8) is 0 Å². The van der Waals surface area contributed by atoms with Crippen molar-refractivity contribution in [2.24, 2.45) is 0 Å². The van der Waals surface area contributed by atoms with Gasteiger partial charge in [-0.15, -0.1) is 0 Å². The van der Waals surface area contributed by atoms with Crippen LogP contribution in [-0.2, 0) is 0 Å². The number of rotatable bonds is 3. The lowest BCUT2D eigenvalue weighted by Gasteiger charge is -2.06. The predicted octanol–water partition coefficient (Wildman–Crippen LogP) is 0.897. The van der Waals surface area contributed by atoms with E-state index in [-0.39, 0.29) is 11.7 Å². The fourth-order valence-electron chi connectivity index (χ4n) is 1.06. The fraction of sp³-hybridized carbons (Fsp3) is 0.500. The maximum absolute atomic E-state index is 11.2. The molecule has 0 radical (unpaired) electrons. The molecule has 0 amide bonds. The molecule has 0 aromatic carbocycles. The van der Waals surface area contributed by atoms with Crippen LogP contribution in [0, 0.1) is 10.1 Å². The van der Waals surface area contributed by atoms with E-state index < -0.39 is 22.0 Å². The van der Waals surface area contributed by atoms with Crippen molar-refractivity contribution in [1.29, 1.82) is 0 Å². The number of hydrogen-bond donors (Lipinski definition) is 2. The standard InChI is InChI=1S/C8H11N3O4/c1-3-4(2)6-9-7(12)5(11(14)15)8(13)10-6/h4H,3H2,1-2H3,(H2,9,10,12,13). The molecule has 1 rings (SSSR count). The van der Waals surface area contributed by atoms with Crippen LogP contribution in [0.2, 0.25) is 0 Å². The summed E-state index contributed by atoms with van der Waals surface area (Å²) < 4.78 is 0. The number of hydrogen-bond acceptors (Lipinski definition) is 5. The van der Waals surface area contributed by atoms with Gasteiger partial charge in [-0.25, -0.2) is 0 Å². The van der Waals surface area contributed by atoms with Crippen molar-refractivity contribution in [2.75, 3.05) is 0 Å². The van der Waals surface area contributed by atoms with Crippen LogP contribution >= 0.6 is 0 Å². The molecule has 0 fully saturated rings. The summed E-state index contributed by atoms with van der Waals surface area (Å²) in [5.74, 6) is -0.644. The molecule has 0 aliphatic heterocycles.